The van der Waals surface area contributed by atoms with Crippen LogP contribution in [0, 0.1) is 5.92 Å². The van der Waals surface area contributed by atoms with Crippen molar-refractivity contribution in [3.63, 3.8) is 0 Å². The van der Waals surface area contributed by atoms with E-state index in [9.17, 15) is 4.79 Å². The van der Waals surface area contributed by atoms with E-state index in [4.69, 9.17) is 5.11 Å². The molecule has 2 fully saturated rings. The fourth-order valence-electron chi connectivity index (χ4n) is 2.86. The summed E-state index contributed by atoms with van der Waals surface area (Å²) in [6.45, 7) is 5.87. The maximum atomic E-state index is 11.3. The van der Waals surface area contributed by atoms with Crippen LogP contribution in [-0.2, 0) is 4.79 Å². The number of fused-ring (bicyclic) bond motifs is 1. The van der Waals surface area contributed by atoms with E-state index in [2.05, 4.69) is 4.90 Å². The molecule has 2 saturated heterocycles. The average Bonchev–Trinajstić information content (AvgIpc) is 2.74. The first-order valence-electron chi connectivity index (χ1n) is 5.83. The molecule has 2 rings (SSSR count). The summed E-state index contributed by atoms with van der Waals surface area (Å²) in [4.78, 5) is 15.7. The van der Waals surface area contributed by atoms with Gasteiger partial charge in [-0.15, -0.1) is 0 Å². The summed E-state index contributed by atoms with van der Waals surface area (Å²) in [6, 6.07) is 0.556. The summed E-state index contributed by atoms with van der Waals surface area (Å²) < 4.78 is 0. The zero-order valence-electron chi connectivity index (χ0n) is 9.35. The van der Waals surface area contributed by atoms with Crippen LogP contribution in [-0.4, -0.2) is 59.6 Å². The number of aliphatic hydroxyl groups is 1. The molecule has 4 heteroatoms. The van der Waals surface area contributed by atoms with Gasteiger partial charge in [-0.05, 0) is 25.3 Å². The van der Waals surface area contributed by atoms with Crippen LogP contribution in [0.4, 0.5) is 0 Å². The van der Waals surface area contributed by atoms with Gasteiger partial charge in [0.05, 0.1) is 0 Å². The van der Waals surface area contributed by atoms with Gasteiger partial charge in [0.1, 0.15) is 0 Å². The molecule has 15 heavy (non-hydrogen) atoms. The molecular weight excluding hydrogens is 192 g/mol. The second-order valence-corrected chi connectivity index (χ2v) is 4.65. The molecule has 1 amide bonds. The van der Waals surface area contributed by atoms with Crippen molar-refractivity contribution in [1.29, 1.82) is 0 Å². The highest BCUT2D eigenvalue weighted by Gasteiger charge is 2.41. The maximum absolute atomic E-state index is 11.3. The van der Waals surface area contributed by atoms with Gasteiger partial charge >= 0.3 is 0 Å². The van der Waals surface area contributed by atoms with Gasteiger partial charge in [-0.25, -0.2) is 0 Å². The molecule has 2 atom stereocenters. The number of nitrogens with zero attached hydrogens (tertiary/aromatic N) is 2. The minimum atomic E-state index is 0.200. The van der Waals surface area contributed by atoms with E-state index in [-0.39, 0.29) is 12.5 Å². The quantitative estimate of drug-likeness (QED) is 0.711. The summed E-state index contributed by atoms with van der Waals surface area (Å²) in [6.07, 6.45) is 2.06. The number of amides is 1. The molecule has 0 bridgehead atoms. The van der Waals surface area contributed by atoms with Gasteiger partial charge in [-0.2, -0.15) is 0 Å². The molecule has 0 saturated carbocycles. The third-order valence-electron chi connectivity index (χ3n) is 3.71. The van der Waals surface area contributed by atoms with Crippen molar-refractivity contribution in [3.8, 4) is 0 Å². The first-order valence-corrected chi connectivity index (χ1v) is 5.83. The van der Waals surface area contributed by atoms with E-state index >= 15 is 0 Å². The Morgan fingerprint density at radius 1 is 1.47 bits per heavy atom. The first kappa shape index (κ1) is 10.9. The van der Waals surface area contributed by atoms with Gasteiger partial charge in [0.2, 0.25) is 5.91 Å². The van der Waals surface area contributed by atoms with Crippen LogP contribution in [0.1, 0.15) is 19.8 Å². The van der Waals surface area contributed by atoms with Crippen LogP contribution in [0.25, 0.3) is 0 Å². The van der Waals surface area contributed by atoms with Crippen LogP contribution in [0.15, 0.2) is 0 Å². The van der Waals surface area contributed by atoms with Crippen LogP contribution in [0.2, 0.25) is 0 Å². The SMILES string of the molecule is CC(=O)N1CC2CCN(CCCO)C2C1. The largest absolute Gasteiger partial charge is 0.396 e. The molecule has 0 aromatic rings. The van der Waals surface area contributed by atoms with Crippen LogP contribution < -0.4 is 0 Å². The third kappa shape index (κ3) is 2.16. The molecule has 0 spiro atoms. The van der Waals surface area contributed by atoms with Gasteiger partial charge < -0.3 is 10.0 Å². The maximum Gasteiger partial charge on any atom is 0.219 e. The van der Waals surface area contributed by atoms with Crippen LogP contribution in [0.3, 0.4) is 0 Å². The number of aliphatic hydroxyl groups excluding tert-OH is 1. The van der Waals surface area contributed by atoms with Crippen molar-refractivity contribution in [2.75, 3.05) is 32.8 Å². The van der Waals surface area contributed by atoms with Crippen molar-refractivity contribution in [3.05, 3.63) is 0 Å². The molecular formula is C11H20N2O2. The fourth-order valence-corrected chi connectivity index (χ4v) is 2.86. The van der Waals surface area contributed by atoms with E-state index in [1.54, 1.807) is 6.92 Å². The molecule has 2 aliphatic heterocycles. The molecule has 0 radical (unpaired) electrons. The fraction of sp³-hybridized carbons (Fsp3) is 0.909. The smallest absolute Gasteiger partial charge is 0.219 e. The molecule has 4 nitrogen and oxygen atoms in total. The number of likely N-dealkylation sites (tertiary alicyclic amines) is 2. The lowest BCUT2D eigenvalue weighted by molar-refractivity contribution is -0.128. The Hall–Kier alpha value is -0.610. The van der Waals surface area contributed by atoms with Gasteiger partial charge in [-0.1, -0.05) is 0 Å². The lowest BCUT2D eigenvalue weighted by atomic mass is 10.1. The molecule has 2 heterocycles. The van der Waals surface area contributed by atoms with Gasteiger partial charge in [-0.3, -0.25) is 9.69 Å². The average molecular weight is 212 g/mol. The predicted molar refractivity (Wildman–Crippen MR) is 57.4 cm³/mol. The summed E-state index contributed by atoms with van der Waals surface area (Å²) >= 11 is 0. The molecule has 2 aliphatic rings. The van der Waals surface area contributed by atoms with E-state index in [0.29, 0.717) is 12.0 Å². The van der Waals surface area contributed by atoms with Gasteiger partial charge in [0, 0.05) is 39.2 Å². The zero-order chi connectivity index (χ0) is 10.8. The van der Waals surface area contributed by atoms with Crippen molar-refractivity contribution >= 4 is 5.91 Å². The Kier molecular flexibility index (Phi) is 3.26. The van der Waals surface area contributed by atoms with Crippen molar-refractivity contribution in [2.24, 2.45) is 5.92 Å². The summed E-state index contributed by atoms with van der Waals surface area (Å²) in [5.74, 6) is 0.874. The zero-order valence-corrected chi connectivity index (χ0v) is 9.35. The standard InChI is InChI=1S/C11H20N2O2/c1-9(15)13-7-10-3-5-12(4-2-6-14)11(10)8-13/h10-11,14H,2-8H2,1H3. The van der Waals surface area contributed by atoms with E-state index < -0.39 is 0 Å². The molecule has 0 aromatic carbocycles. The Morgan fingerprint density at radius 2 is 2.27 bits per heavy atom. The van der Waals surface area contributed by atoms with Crippen molar-refractivity contribution in [2.45, 2.75) is 25.8 Å². The number of carbonyl (C=O) groups excluding carboxylic acids is 1. The number of rotatable bonds is 3. The van der Waals surface area contributed by atoms with Gasteiger partial charge in [0.15, 0.2) is 0 Å². The number of hydrogen-bond acceptors (Lipinski definition) is 3. The highest BCUT2D eigenvalue weighted by atomic mass is 16.3. The van der Waals surface area contributed by atoms with E-state index in [1.165, 1.54) is 6.42 Å². The Balaban J connectivity index is 1.89. The predicted octanol–water partition coefficient (Wildman–Crippen LogP) is -0.0786. The minimum Gasteiger partial charge on any atom is -0.396 e. The minimum absolute atomic E-state index is 0.200. The lowest BCUT2D eigenvalue weighted by Gasteiger charge is -2.23. The first-order chi connectivity index (χ1) is 7.22. The van der Waals surface area contributed by atoms with Crippen LogP contribution in [0.5, 0.6) is 0 Å². The highest BCUT2D eigenvalue weighted by molar-refractivity contribution is 5.73. The third-order valence-corrected chi connectivity index (χ3v) is 3.71. The van der Waals surface area contributed by atoms with E-state index in [0.717, 1.165) is 32.6 Å². The normalized spacial score (nSPS) is 30.9. The Labute approximate surface area is 90.9 Å². The molecule has 2 unspecified atom stereocenters. The molecule has 1 N–H and O–H groups in total. The molecule has 0 aromatic heterocycles. The number of carbonyl (C=O) groups is 1. The highest BCUT2D eigenvalue weighted by Crippen LogP contribution is 2.31. The second kappa shape index (κ2) is 4.49. The summed E-state index contributed by atoms with van der Waals surface area (Å²) in [7, 11) is 0. The van der Waals surface area contributed by atoms with Crippen molar-refractivity contribution < 1.29 is 9.90 Å². The van der Waals surface area contributed by atoms with Crippen LogP contribution >= 0.6 is 0 Å². The second-order valence-electron chi connectivity index (χ2n) is 4.65. The molecule has 86 valence electrons. The number of hydrogen-bond donors (Lipinski definition) is 1. The summed E-state index contributed by atoms with van der Waals surface area (Å²) in [5, 5.41) is 8.82. The Bertz CT molecular complexity index is 245. The molecule has 0 aliphatic carbocycles. The topological polar surface area (TPSA) is 43.8 Å². The van der Waals surface area contributed by atoms with Gasteiger partial charge in [0.25, 0.3) is 0 Å². The van der Waals surface area contributed by atoms with Crippen molar-refractivity contribution in [1.82, 2.24) is 9.80 Å². The van der Waals surface area contributed by atoms with E-state index in [1.807, 2.05) is 4.90 Å². The Morgan fingerprint density at radius 3 is 2.93 bits per heavy atom. The monoisotopic (exact) mass is 212 g/mol. The lowest BCUT2D eigenvalue weighted by Crippen LogP contribution is -2.37. The summed E-state index contributed by atoms with van der Waals surface area (Å²) in [5.41, 5.74) is 0.